The third-order valence-electron chi connectivity index (χ3n) is 4.38. The fraction of sp³-hybridized carbons (Fsp3) is 0.294. The molecule has 1 unspecified atom stereocenters. The zero-order valence-electron chi connectivity index (χ0n) is 13.5. The number of primary amides is 1. The third-order valence-corrected chi connectivity index (χ3v) is 5.58. The molecule has 8 heteroatoms. The van der Waals surface area contributed by atoms with Crippen LogP contribution in [0.5, 0.6) is 0 Å². The molecular weight excluding hydrogens is 338 g/mol. The largest absolute Gasteiger partial charge is 0.365 e. The zero-order chi connectivity index (χ0) is 17.4. The first-order valence-corrected chi connectivity index (χ1v) is 8.92. The van der Waals surface area contributed by atoms with Crippen LogP contribution >= 0.6 is 11.3 Å². The van der Waals surface area contributed by atoms with Crippen molar-refractivity contribution in [1.29, 1.82) is 0 Å². The zero-order valence-corrected chi connectivity index (χ0v) is 14.3. The molecule has 1 aliphatic heterocycles. The van der Waals surface area contributed by atoms with Gasteiger partial charge in [0.2, 0.25) is 5.91 Å². The van der Waals surface area contributed by atoms with Gasteiger partial charge in [0.05, 0.1) is 10.9 Å². The van der Waals surface area contributed by atoms with Gasteiger partial charge in [0.1, 0.15) is 17.6 Å². The van der Waals surface area contributed by atoms with Crippen molar-refractivity contribution in [2.45, 2.75) is 25.4 Å². The number of carbonyl (C=O) groups excluding carboxylic acids is 2. The van der Waals surface area contributed by atoms with Crippen molar-refractivity contribution in [2.24, 2.45) is 5.73 Å². The normalized spacial score (nSPS) is 17.3. The Labute approximate surface area is 148 Å². The van der Waals surface area contributed by atoms with Gasteiger partial charge < -0.3 is 10.6 Å². The Hall–Kier alpha value is -2.74. The van der Waals surface area contributed by atoms with Gasteiger partial charge in [-0.15, -0.1) is 11.3 Å². The molecule has 2 aromatic heterocycles. The van der Waals surface area contributed by atoms with E-state index in [-0.39, 0.29) is 18.5 Å². The minimum atomic E-state index is -0.431. The maximum Gasteiger partial charge on any atom is 0.258 e. The van der Waals surface area contributed by atoms with Crippen LogP contribution in [0.2, 0.25) is 0 Å². The van der Waals surface area contributed by atoms with E-state index in [1.807, 2.05) is 35.2 Å². The van der Waals surface area contributed by atoms with Gasteiger partial charge in [-0.1, -0.05) is 12.1 Å². The molecule has 0 aliphatic carbocycles. The van der Waals surface area contributed by atoms with Crippen LogP contribution in [-0.2, 0) is 11.3 Å². The van der Waals surface area contributed by atoms with Crippen LogP contribution in [0.25, 0.3) is 11.0 Å². The summed E-state index contributed by atoms with van der Waals surface area (Å²) in [5.74, 6) is -0.448. The van der Waals surface area contributed by atoms with Gasteiger partial charge in [0, 0.05) is 11.4 Å². The molecule has 0 spiro atoms. The first-order chi connectivity index (χ1) is 12.1. The van der Waals surface area contributed by atoms with Gasteiger partial charge in [-0.2, -0.15) is 15.0 Å². The van der Waals surface area contributed by atoms with Gasteiger partial charge in [0.25, 0.3) is 5.91 Å². The van der Waals surface area contributed by atoms with Crippen LogP contribution < -0.4 is 5.73 Å². The number of carbonyl (C=O) groups is 2. The van der Waals surface area contributed by atoms with E-state index in [9.17, 15) is 9.59 Å². The van der Waals surface area contributed by atoms with E-state index in [4.69, 9.17) is 5.73 Å². The Morgan fingerprint density at radius 1 is 1.16 bits per heavy atom. The first kappa shape index (κ1) is 15.8. The molecule has 0 saturated carbocycles. The standard InChI is InChI=1S/C17H17N5O2S/c18-17(24)15-8-7-14(25-15)13-6-3-9-21(13)16(23)10-22-19-11-4-1-2-5-12(11)20-22/h1-2,4-5,7-8,13H,3,6,9-10H2,(H2,18,24). The van der Waals surface area contributed by atoms with Crippen molar-refractivity contribution in [3.05, 3.63) is 46.2 Å². The van der Waals surface area contributed by atoms with E-state index in [1.165, 1.54) is 16.1 Å². The lowest BCUT2D eigenvalue weighted by Crippen LogP contribution is -2.33. The average molecular weight is 355 g/mol. The monoisotopic (exact) mass is 355 g/mol. The van der Waals surface area contributed by atoms with Crippen LogP contribution in [0.1, 0.15) is 33.4 Å². The van der Waals surface area contributed by atoms with Gasteiger partial charge in [-0.3, -0.25) is 9.59 Å². The molecule has 3 aromatic rings. The first-order valence-electron chi connectivity index (χ1n) is 8.11. The number of thiophene rings is 1. The van der Waals surface area contributed by atoms with Gasteiger partial charge in [0.15, 0.2) is 0 Å². The molecule has 3 heterocycles. The number of aromatic nitrogens is 3. The highest BCUT2D eigenvalue weighted by Crippen LogP contribution is 2.36. The number of hydrogen-bond acceptors (Lipinski definition) is 5. The van der Waals surface area contributed by atoms with Crippen LogP contribution in [-0.4, -0.2) is 38.3 Å². The molecule has 7 nitrogen and oxygen atoms in total. The second-order valence-corrected chi connectivity index (χ2v) is 7.15. The number of amides is 2. The minimum Gasteiger partial charge on any atom is -0.365 e. The van der Waals surface area contributed by atoms with Gasteiger partial charge in [-0.25, -0.2) is 0 Å². The van der Waals surface area contributed by atoms with Crippen LogP contribution in [0.15, 0.2) is 36.4 Å². The van der Waals surface area contributed by atoms with E-state index in [0.717, 1.165) is 28.8 Å². The maximum absolute atomic E-state index is 12.8. The summed E-state index contributed by atoms with van der Waals surface area (Å²) in [6, 6.07) is 11.2. The van der Waals surface area contributed by atoms with E-state index in [2.05, 4.69) is 10.2 Å². The number of fused-ring (bicyclic) bond motifs is 1. The molecule has 2 amide bonds. The fourth-order valence-corrected chi connectivity index (χ4v) is 4.22. The summed E-state index contributed by atoms with van der Waals surface area (Å²) < 4.78 is 0. The second-order valence-electron chi connectivity index (χ2n) is 6.03. The topological polar surface area (TPSA) is 94.1 Å². The fourth-order valence-electron chi connectivity index (χ4n) is 3.21. The van der Waals surface area contributed by atoms with E-state index in [0.29, 0.717) is 11.4 Å². The predicted molar refractivity (Wildman–Crippen MR) is 94.1 cm³/mol. The Morgan fingerprint density at radius 2 is 1.88 bits per heavy atom. The highest BCUT2D eigenvalue weighted by molar-refractivity contribution is 7.14. The molecule has 1 aliphatic rings. The van der Waals surface area contributed by atoms with E-state index < -0.39 is 5.91 Å². The third kappa shape index (κ3) is 3.00. The van der Waals surface area contributed by atoms with E-state index >= 15 is 0 Å². The Balaban J connectivity index is 1.52. The number of benzene rings is 1. The van der Waals surface area contributed by atoms with Crippen molar-refractivity contribution in [2.75, 3.05) is 6.54 Å². The lowest BCUT2D eigenvalue weighted by atomic mass is 10.2. The molecule has 0 radical (unpaired) electrons. The summed E-state index contributed by atoms with van der Waals surface area (Å²) in [4.78, 5) is 28.9. The van der Waals surface area contributed by atoms with Gasteiger partial charge in [-0.05, 0) is 37.1 Å². The van der Waals surface area contributed by atoms with Crippen LogP contribution in [0.4, 0.5) is 0 Å². The molecule has 1 fully saturated rings. The Kier molecular flexibility index (Phi) is 3.96. The molecule has 1 atom stereocenters. The lowest BCUT2D eigenvalue weighted by molar-refractivity contribution is -0.133. The highest BCUT2D eigenvalue weighted by Gasteiger charge is 2.31. The summed E-state index contributed by atoms with van der Waals surface area (Å²) in [5, 5.41) is 8.70. The van der Waals surface area contributed by atoms with Crippen molar-refractivity contribution in [3.63, 3.8) is 0 Å². The van der Waals surface area contributed by atoms with Crippen molar-refractivity contribution in [1.82, 2.24) is 19.9 Å². The second kappa shape index (κ2) is 6.29. The molecular formula is C17H17N5O2S. The minimum absolute atomic E-state index is 0.00409. The molecule has 128 valence electrons. The van der Waals surface area contributed by atoms with Crippen LogP contribution in [0, 0.1) is 0 Å². The molecule has 2 N–H and O–H groups in total. The summed E-state index contributed by atoms with van der Waals surface area (Å²) >= 11 is 1.36. The summed E-state index contributed by atoms with van der Waals surface area (Å²) in [6.07, 6.45) is 1.83. The quantitative estimate of drug-likeness (QED) is 0.774. The predicted octanol–water partition coefficient (Wildman–Crippen LogP) is 1.96. The lowest BCUT2D eigenvalue weighted by Gasteiger charge is -2.23. The molecule has 4 rings (SSSR count). The van der Waals surface area contributed by atoms with Crippen molar-refractivity contribution < 1.29 is 9.59 Å². The molecule has 0 bridgehead atoms. The highest BCUT2D eigenvalue weighted by atomic mass is 32.1. The summed E-state index contributed by atoms with van der Waals surface area (Å²) in [6.45, 7) is 0.813. The van der Waals surface area contributed by atoms with E-state index in [1.54, 1.807) is 6.07 Å². The SMILES string of the molecule is NC(=O)c1ccc(C2CCCN2C(=O)Cn2nc3ccccc3n2)s1. The Morgan fingerprint density at radius 3 is 2.52 bits per heavy atom. The molecule has 1 aromatic carbocycles. The van der Waals surface area contributed by atoms with Crippen LogP contribution in [0.3, 0.4) is 0 Å². The smallest absolute Gasteiger partial charge is 0.258 e. The number of nitrogens with two attached hydrogens (primary N) is 1. The Bertz CT molecular complexity index is 914. The number of rotatable bonds is 4. The number of nitrogens with zero attached hydrogens (tertiary/aromatic N) is 4. The van der Waals surface area contributed by atoms with Crippen molar-refractivity contribution >= 4 is 34.2 Å². The average Bonchev–Trinajstić information content (AvgIpc) is 3.32. The maximum atomic E-state index is 12.8. The summed E-state index contributed by atoms with van der Waals surface area (Å²) in [7, 11) is 0. The van der Waals surface area contributed by atoms with Gasteiger partial charge >= 0.3 is 0 Å². The molecule has 1 saturated heterocycles. The van der Waals surface area contributed by atoms with Crippen molar-refractivity contribution in [3.8, 4) is 0 Å². The summed E-state index contributed by atoms with van der Waals surface area (Å²) in [5.41, 5.74) is 6.88. The number of hydrogen-bond donors (Lipinski definition) is 1. The number of likely N-dealkylation sites (tertiary alicyclic amines) is 1. The molecule has 25 heavy (non-hydrogen) atoms.